The molecule has 0 saturated heterocycles. The van der Waals surface area contributed by atoms with Crippen molar-refractivity contribution in [3.05, 3.63) is 206 Å². The van der Waals surface area contributed by atoms with Crippen molar-refractivity contribution in [1.29, 1.82) is 0 Å². The van der Waals surface area contributed by atoms with Crippen molar-refractivity contribution in [3.63, 3.8) is 0 Å². The van der Waals surface area contributed by atoms with E-state index in [4.69, 9.17) is 0 Å². The Morgan fingerprint density at radius 2 is 0.846 bits per heavy atom. The summed E-state index contributed by atoms with van der Waals surface area (Å²) in [6.07, 6.45) is 0. The van der Waals surface area contributed by atoms with Gasteiger partial charge in [-0.2, -0.15) is 0 Å². The van der Waals surface area contributed by atoms with Gasteiger partial charge < -0.3 is 9.47 Å². The predicted octanol–water partition coefficient (Wildman–Crippen LogP) is 13.9. The fourth-order valence-electron chi connectivity index (χ4n) is 7.91. The fraction of sp³-hybridized carbons (Fsp3) is 0. The molecule has 244 valence electrons. The zero-order valence-electron chi connectivity index (χ0n) is 28.5. The Labute approximate surface area is 303 Å². The number of anilines is 3. The highest BCUT2D eigenvalue weighted by molar-refractivity contribution is 6.11. The largest absolute Gasteiger partial charge is 0.310 e. The van der Waals surface area contributed by atoms with Crippen LogP contribution in [0.4, 0.5) is 17.1 Å². The molecule has 10 rings (SSSR count). The first kappa shape index (κ1) is 30.0. The summed E-state index contributed by atoms with van der Waals surface area (Å²) in [7, 11) is 0. The van der Waals surface area contributed by atoms with Crippen LogP contribution in [0.1, 0.15) is 0 Å². The van der Waals surface area contributed by atoms with Gasteiger partial charge in [0.05, 0.1) is 16.7 Å². The average Bonchev–Trinajstić information content (AvgIpc) is 3.55. The summed E-state index contributed by atoms with van der Waals surface area (Å²) in [4.78, 5) is 2.44. The second-order valence-corrected chi connectivity index (χ2v) is 13.4. The first-order valence-electron chi connectivity index (χ1n) is 17.9. The van der Waals surface area contributed by atoms with Gasteiger partial charge in [0.15, 0.2) is 0 Å². The molecule has 0 spiro atoms. The van der Waals surface area contributed by atoms with E-state index in [1.54, 1.807) is 0 Å². The van der Waals surface area contributed by atoms with Crippen molar-refractivity contribution in [2.24, 2.45) is 0 Å². The third-order valence-electron chi connectivity index (χ3n) is 10.3. The van der Waals surface area contributed by atoms with Gasteiger partial charge >= 0.3 is 0 Å². The van der Waals surface area contributed by atoms with Crippen LogP contribution in [0.3, 0.4) is 0 Å². The van der Waals surface area contributed by atoms with Gasteiger partial charge in [0.25, 0.3) is 0 Å². The topological polar surface area (TPSA) is 8.17 Å². The number of nitrogens with zero attached hydrogens (tertiary/aromatic N) is 2. The van der Waals surface area contributed by atoms with Crippen LogP contribution in [-0.2, 0) is 0 Å². The van der Waals surface area contributed by atoms with Crippen LogP contribution in [0.15, 0.2) is 206 Å². The van der Waals surface area contributed by atoms with Crippen LogP contribution in [0.5, 0.6) is 0 Å². The molecular weight excluding hydrogens is 629 g/mol. The molecule has 0 aliphatic heterocycles. The number of hydrogen-bond acceptors (Lipinski definition) is 1. The number of benzene rings is 9. The first-order chi connectivity index (χ1) is 25.8. The van der Waals surface area contributed by atoms with Gasteiger partial charge in [0, 0.05) is 33.4 Å². The van der Waals surface area contributed by atoms with Crippen molar-refractivity contribution in [1.82, 2.24) is 4.57 Å². The zero-order valence-corrected chi connectivity index (χ0v) is 28.5. The van der Waals surface area contributed by atoms with Gasteiger partial charge in [-0.1, -0.05) is 140 Å². The maximum Gasteiger partial charge on any atom is 0.0561 e. The van der Waals surface area contributed by atoms with E-state index in [0.29, 0.717) is 0 Å². The number of rotatable bonds is 6. The summed E-state index contributed by atoms with van der Waals surface area (Å²) in [5.74, 6) is 0. The molecule has 0 aliphatic carbocycles. The molecule has 0 atom stereocenters. The lowest BCUT2D eigenvalue weighted by molar-refractivity contribution is 1.18. The Hall–Kier alpha value is -6.90. The lowest BCUT2D eigenvalue weighted by Gasteiger charge is -2.29. The van der Waals surface area contributed by atoms with E-state index >= 15 is 0 Å². The Morgan fingerprint density at radius 1 is 0.327 bits per heavy atom. The van der Waals surface area contributed by atoms with E-state index in [1.807, 2.05) is 0 Å². The van der Waals surface area contributed by atoms with Crippen LogP contribution >= 0.6 is 0 Å². The van der Waals surface area contributed by atoms with Crippen LogP contribution in [0, 0.1) is 0 Å². The second kappa shape index (κ2) is 12.5. The summed E-state index contributed by atoms with van der Waals surface area (Å²) < 4.78 is 2.40. The first-order valence-corrected chi connectivity index (χ1v) is 17.9. The molecule has 0 bridgehead atoms. The summed E-state index contributed by atoms with van der Waals surface area (Å²) in [5, 5.41) is 7.33. The van der Waals surface area contributed by atoms with Crippen molar-refractivity contribution in [2.45, 2.75) is 0 Å². The minimum atomic E-state index is 1.09. The predicted molar refractivity (Wildman–Crippen MR) is 221 cm³/mol. The highest BCUT2D eigenvalue weighted by Gasteiger charge is 2.22. The third-order valence-corrected chi connectivity index (χ3v) is 10.3. The van der Waals surface area contributed by atoms with Gasteiger partial charge in [-0.25, -0.2) is 0 Å². The molecule has 0 N–H and O–H groups in total. The van der Waals surface area contributed by atoms with Gasteiger partial charge in [0.1, 0.15) is 0 Å². The van der Waals surface area contributed by atoms with E-state index in [9.17, 15) is 0 Å². The highest BCUT2D eigenvalue weighted by atomic mass is 15.1. The molecule has 2 nitrogen and oxygen atoms in total. The zero-order chi connectivity index (χ0) is 34.4. The number of fused-ring (bicyclic) bond motifs is 5. The van der Waals surface area contributed by atoms with Gasteiger partial charge in [-0.05, 0) is 105 Å². The molecular formula is C50H34N2. The minimum Gasteiger partial charge on any atom is -0.310 e. The molecule has 0 radical (unpaired) electrons. The lowest BCUT2D eigenvalue weighted by Crippen LogP contribution is -2.11. The maximum atomic E-state index is 2.44. The number of hydrogen-bond donors (Lipinski definition) is 0. The Bertz CT molecular complexity index is 2890. The van der Waals surface area contributed by atoms with E-state index in [-0.39, 0.29) is 0 Å². The quantitative estimate of drug-likeness (QED) is 0.172. The van der Waals surface area contributed by atoms with Crippen LogP contribution in [-0.4, -0.2) is 4.57 Å². The standard InChI is InChI=1S/C50H34N2/c1-4-16-35(17-5-1)45-30-36-18-10-11-19-37(36)31-46(45)47-32-38-20-12-13-21-39(38)33-49(47)51(40-22-6-2-7-23-40)42-28-29-44-43-26-14-15-27-48(43)52(50(44)34-42)41-24-8-3-9-25-41/h1-34H. The smallest absolute Gasteiger partial charge is 0.0561 e. The summed E-state index contributed by atoms with van der Waals surface area (Å²) >= 11 is 0. The summed E-state index contributed by atoms with van der Waals surface area (Å²) in [6.45, 7) is 0. The molecule has 0 unspecified atom stereocenters. The molecule has 1 heterocycles. The Morgan fingerprint density at radius 3 is 1.54 bits per heavy atom. The molecule has 0 aliphatic rings. The number of aromatic nitrogens is 1. The molecule has 52 heavy (non-hydrogen) atoms. The molecule has 10 aromatic rings. The number of para-hydroxylation sites is 3. The van der Waals surface area contributed by atoms with Crippen LogP contribution in [0.25, 0.3) is 71.3 Å². The summed E-state index contributed by atoms with van der Waals surface area (Å²) in [6, 6.07) is 74.9. The van der Waals surface area contributed by atoms with Crippen molar-refractivity contribution < 1.29 is 0 Å². The van der Waals surface area contributed by atoms with E-state index < -0.39 is 0 Å². The monoisotopic (exact) mass is 662 g/mol. The summed E-state index contributed by atoms with van der Waals surface area (Å²) in [5.41, 5.74) is 11.6. The maximum absolute atomic E-state index is 2.44. The van der Waals surface area contributed by atoms with Crippen molar-refractivity contribution in [3.8, 4) is 27.9 Å². The van der Waals surface area contributed by atoms with E-state index in [2.05, 4.69) is 216 Å². The molecule has 0 fully saturated rings. The van der Waals surface area contributed by atoms with Gasteiger partial charge in [0.2, 0.25) is 0 Å². The highest BCUT2D eigenvalue weighted by Crippen LogP contribution is 2.47. The average molecular weight is 663 g/mol. The fourth-order valence-corrected chi connectivity index (χ4v) is 7.91. The van der Waals surface area contributed by atoms with Crippen LogP contribution < -0.4 is 4.90 Å². The van der Waals surface area contributed by atoms with Crippen LogP contribution in [0.2, 0.25) is 0 Å². The Kier molecular flexibility index (Phi) is 7.18. The Balaban J connectivity index is 1.30. The molecule has 1 aromatic heterocycles. The third kappa shape index (κ3) is 5.04. The van der Waals surface area contributed by atoms with E-state index in [0.717, 1.165) is 22.7 Å². The molecule has 9 aromatic carbocycles. The molecule has 2 heteroatoms. The van der Waals surface area contributed by atoms with Gasteiger partial charge in [-0.3, -0.25) is 0 Å². The van der Waals surface area contributed by atoms with Crippen molar-refractivity contribution in [2.75, 3.05) is 4.90 Å². The second-order valence-electron chi connectivity index (χ2n) is 13.4. The lowest BCUT2D eigenvalue weighted by atomic mass is 9.89. The van der Waals surface area contributed by atoms with Gasteiger partial charge in [-0.15, -0.1) is 0 Å². The minimum absolute atomic E-state index is 1.09. The molecule has 0 saturated carbocycles. The molecule has 0 amide bonds. The van der Waals surface area contributed by atoms with Crippen molar-refractivity contribution >= 4 is 60.4 Å². The van der Waals surface area contributed by atoms with E-state index in [1.165, 1.54) is 65.6 Å². The SMILES string of the molecule is c1ccc(-c2cc3ccccc3cc2-c2cc3ccccc3cc2N(c2ccccc2)c2ccc3c4ccccc4n(-c4ccccc4)c3c2)cc1. The normalized spacial score (nSPS) is 11.5.